The van der Waals surface area contributed by atoms with E-state index < -0.39 is 0 Å². The van der Waals surface area contributed by atoms with Gasteiger partial charge in [0.1, 0.15) is 0 Å². The first-order chi connectivity index (χ1) is 9.47. The fourth-order valence-corrected chi connectivity index (χ4v) is 3.97. The highest BCUT2D eigenvalue weighted by Crippen LogP contribution is 2.40. The number of hydrogen-bond donors (Lipinski definition) is 1. The van der Waals surface area contributed by atoms with Gasteiger partial charge in [0.15, 0.2) is 0 Å². The summed E-state index contributed by atoms with van der Waals surface area (Å²) in [5.41, 5.74) is 6.97. The quantitative estimate of drug-likeness (QED) is 0.806. The zero-order valence-electron chi connectivity index (χ0n) is 13.8. The van der Waals surface area contributed by atoms with Crippen LogP contribution in [0.1, 0.15) is 58.8 Å². The summed E-state index contributed by atoms with van der Waals surface area (Å²) in [6.07, 6.45) is 8.94. The minimum Gasteiger partial charge on any atom is -0.381 e. The minimum atomic E-state index is 0.242. The highest BCUT2D eigenvalue weighted by molar-refractivity contribution is 4.95. The molecule has 0 amide bonds. The molecule has 20 heavy (non-hydrogen) atoms. The predicted molar refractivity (Wildman–Crippen MR) is 84.8 cm³/mol. The van der Waals surface area contributed by atoms with Crippen molar-refractivity contribution in [2.24, 2.45) is 17.1 Å². The molecule has 3 heteroatoms. The van der Waals surface area contributed by atoms with Gasteiger partial charge in [-0.3, -0.25) is 4.90 Å². The highest BCUT2D eigenvalue weighted by atomic mass is 16.5. The third-order valence-electron chi connectivity index (χ3n) is 5.83. The van der Waals surface area contributed by atoms with Crippen molar-refractivity contribution in [3.05, 3.63) is 0 Å². The molecule has 2 rings (SSSR count). The number of ether oxygens (including phenoxy) is 1. The Kier molecular flexibility index (Phi) is 5.49. The van der Waals surface area contributed by atoms with E-state index in [1.165, 1.54) is 51.5 Å². The van der Waals surface area contributed by atoms with Crippen molar-refractivity contribution in [3.8, 4) is 0 Å². The standard InChI is InChI=1S/C17H34N2O/c1-16(2)7-4-8-17(14-18,10-9-16)19(3)13-15-5-11-20-12-6-15/h15H,4-14,18H2,1-3H3. The van der Waals surface area contributed by atoms with Gasteiger partial charge in [-0.2, -0.15) is 0 Å². The summed E-state index contributed by atoms with van der Waals surface area (Å²) in [7, 11) is 2.31. The lowest BCUT2D eigenvalue weighted by Crippen LogP contribution is -2.53. The zero-order chi connectivity index (χ0) is 14.6. The number of nitrogens with two attached hydrogens (primary N) is 1. The fourth-order valence-electron chi connectivity index (χ4n) is 3.97. The molecule has 118 valence electrons. The predicted octanol–water partition coefficient (Wildman–Crippen LogP) is 3.03. The van der Waals surface area contributed by atoms with Gasteiger partial charge in [0, 0.05) is 31.8 Å². The maximum absolute atomic E-state index is 6.24. The summed E-state index contributed by atoms with van der Waals surface area (Å²) >= 11 is 0. The normalized spacial score (nSPS) is 32.2. The molecule has 1 saturated carbocycles. The Balaban J connectivity index is 1.97. The van der Waals surface area contributed by atoms with Crippen LogP contribution in [0.5, 0.6) is 0 Å². The van der Waals surface area contributed by atoms with Gasteiger partial charge in [0.05, 0.1) is 0 Å². The van der Waals surface area contributed by atoms with Crippen LogP contribution in [0.2, 0.25) is 0 Å². The molecule has 1 heterocycles. The van der Waals surface area contributed by atoms with Crippen molar-refractivity contribution < 1.29 is 4.74 Å². The van der Waals surface area contributed by atoms with Crippen LogP contribution in [0.4, 0.5) is 0 Å². The molecule has 1 aliphatic heterocycles. The van der Waals surface area contributed by atoms with Crippen molar-refractivity contribution in [1.29, 1.82) is 0 Å². The molecule has 2 N–H and O–H groups in total. The average Bonchev–Trinajstić information content (AvgIpc) is 2.59. The highest BCUT2D eigenvalue weighted by Gasteiger charge is 2.38. The molecular formula is C17H34N2O. The molecule has 2 fully saturated rings. The smallest absolute Gasteiger partial charge is 0.0469 e. The lowest BCUT2D eigenvalue weighted by molar-refractivity contribution is 0.0289. The van der Waals surface area contributed by atoms with E-state index in [-0.39, 0.29) is 5.54 Å². The molecule has 0 aromatic rings. The summed E-state index contributed by atoms with van der Waals surface area (Å²) in [6, 6.07) is 0. The summed E-state index contributed by atoms with van der Waals surface area (Å²) in [5, 5.41) is 0. The van der Waals surface area contributed by atoms with E-state index in [1.54, 1.807) is 0 Å². The first-order valence-electron chi connectivity index (χ1n) is 8.47. The second kappa shape index (κ2) is 6.76. The van der Waals surface area contributed by atoms with Crippen LogP contribution in [-0.2, 0) is 4.74 Å². The lowest BCUT2D eigenvalue weighted by atomic mass is 9.82. The molecule has 0 aromatic heterocycles. The number of likely N-dealkylation sites (N-methyl/N-ethyl adjacent to an activating group) is 1. The largest absolute Gasteiger partial charge is 0.381 e. The second-order valence-electron chi connectivity index (χ2n) is 7.88. The Labute approximate surface area is 125 Å². The monoisotopic (exact) mass is 282 g/mol. The molecule has 0 spiro atoms. The second-order valence-corrected chi connectivity index (χ2v) is 7.88. The van der Waals surface area contributed by atoms with E-state index in [9.17, 15) is 0 Å². The first kappa shape index (κ1) is 16.3. The van der Waals surface area contributed by atoms with Crippen LogP contribution in [0.15, 0.2) is 0 Å². The van der Waals surface area contributed by atoms with E-state index >= 15 is 0 Å². The fraction of sp³-hybridized carbons (Fsp3) is 1.00. The SMILES string of the molecule is CN(CC1CCOCC1)C1(CN)CCCC(C)(C)CC1. The maximum Gasteiger partial charge on any atom is 0.0469 e. The molecule has 1 saturated heterocycles. The number of nitrogens with zero attached hydrogens (tertiary/aromatic N) is 1. The molecule has 1 atom stereocenters. The Hall–Kier alpha value is -0.120. The molecule has 0 aromatic carbocycles. The van der Waals surface area contributed by atoms with Gasteiger partial charge >= 0.3 is 0 Å². The summed E-state index contributed by atoms with van der Waals surface area (Å²) in [6.45, 7) is 8.72. The van der Waals surface area contributed by atoms with Gasteiger partial charge in [0.25, 0.3) is 0 Å². The maximum atomic E-state index is 6.24. The van der Waals surface area contributed by atoms with Gasteiger partial charge in [-0.25, -0.2) is 0 Å². The van der Waals surface area contributed by atoms with Crippen molar-refractivity contribution >= 4 is 0 Å². The Morgan fingerprint density at radius 2 is 1.80 bits per heavy atom. The van der Waals surface area contributed by atoms with Gasteiger partial charge < -0.3 is 10.5 Å². The summed E-state index contributed by atoms with van der Waals surface area (Å²) in [4.78, 5) is 2.60. The van der Waals surface area contributed by atoms with Crippen LogP contribution < -0.4 is 5.73 Å². The van der Waals surface area contributed by atoms with Crippen molar-refractivity contribution in [1.82, 2.24) is 4.90 Å². The van der Waals surface area contributed by atoms with Crippen molar-refractivity contribution in [2.45, 2.75) is 64.3 Å². The lowest BCUT2D eigenvalue weighted by Gasteiger charge is -2.43. The van der Waals surface area contributed by atoms with Crippen molar-refractivity contribution in [3.63, 3.8) is 0 Å². The molecule has 1 aliphatic carbocycles. The van der Waals surface area contributed by atoms with E-state index in [2.05, 4.69) is 25.8 Å². The van der Waals surface area contributed by atoms with E-state index in [0.717, 1.165) is 25.7 Å². The Morgan fingerprint density at radius 3 is 2.45 bits per heavy atom. The minimum absolute atomic E-state index is 0.242. The third kappa shape index (κ3) is 3.96. The van der Waals surface area contributed by atoms with Crippen LogP contribution >= 0.6 is 0 Å². The Bertz CT molecular complexity index is 299. The van der Waals surface area contributed by atoms with Crippen molar-refractivity contribution in [2.75, 3.05) is 33.4 Å². The molecule has 2 aliphatic rings. The van der Waals surface area contributed by atoms with Crippen LogP contribution in [0, 0.1) is 11.3 Å². The average molecular weight is 282 g/mol. The van der Waals surface area contributed by atoms with Crippen LogP contribution in [-0.4, -0.2) is 43.8 Å². The van der Waals surface area contributed by atoms with E-state index in [4.69, 9.17) is 10.5 Å². The summed E-state index contributed by atoms with van der Waals surface area (Å²) in [5.74, 6) is 0.799. The van der Waals surface area contributed by atoms with E-state index in [0.29, 0.717) is 5.41 Å². The van der Waals surface area contributed by atoms with Gasteiger partial charge in [-0.15, -0.1) is 0 Å². The topological polar surface area (TPSA) is 38.5 Å². The third-order valence-corrected chi connectivity index (χ3v) is 5.83. The molecular weight excluding hydrogens is 248 g/mol. The van der Waals surface area contributed by atoms with Gasteiger partial charge in [0.2, 0.25) is 0 Å². The first-order valence-corrected chi connectivity index (χ1v) is 8.47. The van der Waals surface area contributed by atoms with Crippen LogP contribution in [0.25, 0.3) is 0 Å². The van der Waals surface area contributed by atoms with Crippen LogP contribution in [0.3, 0.4) is 0 Å². The number of hydrogen-bond acceptors (Lipinski definition) is 3. The number of rotatable bonds is 4. The molecule has 0 radical (unpaired) electrons. The van der Waals surface area contributed by atoms with E-state index in [1.807, 2.05) is 0 Å². The molecule has 0 bridgehead atoms. The zero-order valence-corrected chi connectivity index (χ0v) is 13.8. The summed E-state index contributed by atoms with van der Waals surface area (Å²) < 4.78 is 5.48. The Morgan fingerprint density at radius 1 is 1.10 bits per heavy atom. The van der Waals surface area contributed by atoms with Gasteiger partial charge in [-0.1, -0.05) is 20.3 Å². The molecule has 3 nitrogen and oxygen atoms in total. The van der Waals surface area contributed by atoms with Gasteiger partial charge in [-0.05, 0) is 56.9 Å². The molecule has 1 unspecified atom stereocenters.